The number of aliphatic carboxylic acids is 1. The summed E-state index contributed by atoms with van der Waals surface area (Å²) in [4.78, 5) is 13.4. The third-order valence-corrected chi connectivity index (χ3v) is 4.58. The molecule has 1 aliphatic heterocycles. The smallest absolute Gasteiger partial charge is 0.305 e. The first-order valence-corrected chi connectivity index (χ1v) is 8.37. The lowest BCUT2D eigenvalue weighted by atomic mass is 9.90. The van der Waals surface area contributed by atoms with Crippen molar-refractivity contribution in [2.75, 3.05) is 26.3 Å². The summed E-state index contributed by atoms with van der Waals surface area (Å²) in [5.41, 5.74) is 2.51. The molecule has 1 saturated heterocycles. The van der Waals surface area contributed by atoms with Gasteiger partial charge in [0.1, 0.15) is 0 Å². The van der Waals surface area contributed by atoms with Crippen molar-refractivity contribution in [3.05, 3.63) is 71.8 Å². The lowest BCUT2D eigenvalue weighted by molar-refractivity contribution is -0.140. The average Bonchev–Trinajstić information content (AvgIpc) is 2.62. The Morgan fingerprint density at radius 3 is 2.21 bits per heavy atom. The zero-order chi connectivity index (χ0) is 16.8. The van der Waals surface area contributed by atoms with E-state index in [0.29, 0.717) is 13.2 Å². The summed E-state index contributed by atoms with van der Waals surface area (Å²) in [6.07, 6.45) is 0.121. The molecule has 1 heterocycles. The van der Waals surface area contributed by atoms with E-state index in [2.05, 4.69) is 53.4 Å². The summed E-state index contributed by atoms with van der Waals surface area (Å²) in [7, 11) is 0. The highest BCUT2D eigenvalue weighted by Crippen LogP contribution is 2.27. The Labute approximate surface area is 142 Å². The molecule has 2 aromatic carbocycles. The number of morpholine rings is 1. The molecule has 0 radical (unpaired) electrons. The fourth-order valence-corrected chi connectivity index (χ4v) is 3.33. The summed E-state index contributed by atoms with van der Waals surface area (Å²) in [6, 6.07) is 20.8. The lowest BCUT2D eigenvalue weighted by Gasteiger charge is -2.37. The van der Waals surface area contributed by atoms with Crippen LogP contribution in [0, 0.1) is 0 Å². The van der Waals surface area contributed by atoms with Crippen molar-refractivity contribution in [3.63, 3.8) is 0 Å². The largest absolute Gasteiger partial charge is 0.481 e. The van der Waals surface area contributed by atoms with Gasteiger partial charge in [-0.1, -0.05) is 60.7 Å². The minimum Gasteiger partial charge on any atom is -0.481 e. The molecular formula is C20H23NO3. The highest BCUT2D eigenvalue weighted by Gasteiger charge is 2.28. The van der Waals surface area contributed by atoms with Crippen molar-refractivity contribution in [2.45, 2.75) is 18.4 Å². The molecular weight excluding hydrogens is 302 g/mol. The molecule has 0 aliphatic carbocycles. The molecule has 0 aromatic heterocycles. The van der Waals surface area contributed by atoms with Gasteiger partial charge in [0.15, 0.2) is 0 Å². The summed E-state index contributed by atoms with van der Waals surface area (Å²) in [6.45, 7) is 2.72. The Morgan fingerprint density at radius 2 is 1.67 bits per heavy atom. The van der Waals surface area contributed by atoms with Crippen molar-refractivity contribution in [3.8, 4) is 0 Å². The van der Waals surface area contributed by atoms with Crippen LogP contribution in [-0.2, 0) is 9.53 Å². The Hall–Kier alpha value is -2.17. The summed E-state index contributed by atoms with van der Waals surface area (Å²) in [5.74, 6) is -0.548. The maximum atomic E-state index is 11.2. The second-order valence-electron chi connectivity index (χ2n) is 6.20. The number of benzene rings is 2. The fourth-order valence-electron chi connectivity index (χ4n) is 3.33. The van der Waals surface area contributed by atoms with Crippen LogP contribution < -0.4 is 0 Å². The van der Waals surface area contributed by atoms with E-state index in [0.717, 1.165) is 13.1 Å². The van der Waals surface area contributed by atoms with Crippen LogP contribution in [0.2, 0.25) is 0 Å². The second-order valence-corrected chi connectivity index (χ2v) is 6.20. The first kappa shape index (κ1) is 16.7. The predicted molar refractivity (Wildman–Crippen MR) is 93.2 cm³/mol. The van der Waals surface area contributed by atoms with Gasteiger partial charge in [0.2, 0.25) is 0 Å². The van der Waals surface area contributed by atoms with Crippen molar-refractivity contribution in [1.82, 2.24) is 4.90 Å². The van der Waals surface area contributed by atoms with Gasteiger partial charge in [0.05, 0.1) is 19.6 Å². The van der Waals surface area contributed by atoms with Crippen molar-refractivity contribution < 1.29 is 14.6 Å². The first-order valence-electron chi connectivity index (χ1n) is 8.37. The summed E-state index contributed by atoms with van der Waals surface area (Å²) in [5, 5.41) is 9.17. The predicted octanol–water partition coefficient (Wildman–Crippen LogP) is 2.99. The third-order valence-electron chi connectivity index (χ3n) is 4.58. The van der Waals surface area contributed by atoms with Gasteiger partial charge in [-0.25, -0.2) is 0 Å². The van der Waals surface area contributed by atoms with E-state index >= 15 is 0 Å². The molecule has 24 heavy (non-hydrogen) atoms. The molecule has 1 fully saturated rings. The van der Waals surface area contributed by atoms with E-state index in [1.54, 1.807) is 0 Å². The van der Waals surface area contributed by atoms with Crippen LogP contribution in [0.1, 0.15) is 23.5 Å². The van der Waals surface area contributed by atoms with Gasteiger partial charge >= 0.3 is 5.97 Å². The maximum absolute atomic E-state index is 11.2. The summed E-state index contributed by atoms with van der Waals surface area (Å²) < 4.78 is 5.50. The molecule has 0 bridgehead atoms. The molecule has 0 amide bonds. The number of hydrogen-bond donors (Lipinski definition) is 1. The van der Waals surface area contributed by atoms with Crippen molar-refractivity contribution >= 4 is 5.97 Å². The van der Waals surface area contributed by atoms with E-state index in [1.807, 2.05) is 12.1 Å². The molecule has 2 aromatic rings. The van der Waals surface area contributed by atoms with Gasteiger partial charge in [0, 0.05) is 25.0 Å². The zero-order valence-electron chi connectivity index (χ0n) is 13.7. The van der Waals surface area contributed by atoms with Crippen LogP contribution in [0.3, 0.4) is 0 Å². The molecule has 126 valence electrons. The topological polar surface area (TPSA) is 49.8 Å². The molecule has 1 atom stereocenters. The molecule has 1 unspecified atom stereocenters. The van der Waals surface area contributed by atoms with Gasteiger partial charge in [-0.2, -0.15) is 0 Å². The summed E-state index contributed by atoms with van der Waals surface area (Å²) >= 11 is 0. The van der Waals surface area contributed by atoms with E-state index in [-0.39, 0.29) is 18.4 Å². The number of ether oxygens (including phenoxy) is 1. The molecule has 0 spiro atoms. The Bertz CT molecular complexity index is 605. The number of carboxylic acid groups (broad SMARTS) is 1. The number of nitrogens with zero attached hydrogens (tertiary/aromatic N) is 1. The minimum atomic E-state index is -0.772. The molecule has 0 saturated carbocycles. The number of carbonyl (C=O) groups is 1. The van der Waals surface area contributed by atoms with Gasteiger partial charge in [0.25, 0.3) is 0 Å². The fraction of sp³-hybridized carbons (Fsp3) is 0.350. The van der Waals surface area contributed by atoms with Crippen LogP contribution in [0.15, 0.2) is 60.7 Å². The Morgan fingerprint density at radius 1 is 1.08 bits per heavy atom. The molecule has 1 N–H and O–H groups in total. The van der Waals surface area contributed by atoms with Crippen molar-refractivity contribution in [1.29, 1.82) is 0 Å². The Kier molecular flexibility index (Phi) is 5.62. The van der Waals surface area contributed by atoms with Crippen LogP contribution >= 0.6 is 0 Å². The Balaban J connectivity index is 1.84. The van der Waals surface area contributed by atoms with Gasteiger partial charge < -0.3 is 9.84 Å². The monoisotopic (exact) mass is 325 g/mol. The van der Waals surface area contributed by atoms with E-state index in [1.165, 1.54) is 11.1 Å². The highest BCUT2D eigenvalue weighted by atomic mass is 16.5. The maximum Gasteiger partial charge on any atom is 0.305 e. The van der Waals surface area contributed by atoms with Crippen LogP contribution in [-0.4, -0.2) is 48.3 Å². The van der Waals surface area contributed by atoms with Crippen LogP contribution in [0.4, 0.5) is 0 Å². The normalized spacial score (nSPS) is 18.6. The van der Waals surface area contributed by atoms with Gasteiger partial charge in [-0.15, -0.1) is 0 Å². The second kappa shape index (κ2) is 8.08. The molecule has 3 rings (SSSR count). The quantitative estimate of drug-likeness (QED) is 0.887. The minimum absolute atomic E-state index is 0.0637. The zero-order valence-corrected chi connectivity index (χ0v) is 13.7. The SMILES string of the molecule is O=C(O)CC1COCCN1CC(c1ccccc1)c1ccccc1. The van der Waals surface area contributed by atoms with Gasteiger partial charge in [-0.05, 0) is 11.1 Å². The molecule has 4 heteroatoms. The van der Waals surface area contributed by atoms with E-state index < -0.39 is 5.97 Å². The number of carboxylic acids is 1. The molecule has 4 nitrogen and oxygen atoms in total. The van der Waals surface area contributed by atoms with E-state index in [9.17, 15) is 4.79 Å². The van der Waals surface area contributed by atoms with Crippen molar-refractivity contribution in [2.24, 2.45) is 0 Å². The van der Waals surface area contributed by atoms with E-state index in [4.69, 9.17) is 9.84 Å². The average molecular weight is 325 g/mol. The molecule has 1 aliphatic rings. The van der Waals surface area contributed by atoms with Crippen LogP contribution in [0.5, 0.6) is 0 Å². The number of rotatable bonds is 6. The standard InChI is InChI=1S/C20H23NO3/c22-20(23)13-18-15-24-12-11-21(18)14-19(16-7-3-1-4-8-16)17-9-5-2-6-10-17/h1-10,18-19H,11-15H2,(H,22,23). The van der Waals surface area contributed by atoms with Crippen LogP contribution in [0.25, 0.3) is 0 Å². The third kappa shape index (κ3) is 4.22. The highest BCUT2D eigenvalue weighted by molar-refractivity contribution is 5.67. The first-order chi connectivity index (χ1) is 11.7. The number of hydrogen-bond acceptors (Lipinski definition) is 3. The lowest BCUT2D eigenvalue weighted by Crippen LogP contribution is -2.48. The van der Waals surface area contributed by atoms with Gasteiger partial charge in [-0.3, -0.25) is 9.69 Å².